The zero-order chi connectivity index (χ0) is 20.8. The van der Waals surface area contributed by atoms with E-state index >= 15 is 0 Å². The Bertz CT molecular complexity index is 1010. The van der Waals surface area contributed by atoms with E-state index in [2.05, 4.69) is 13.8 Å². The first-order chi connectivity index (χ1) is 13.8. The average Bonchev–Trinajstić information content (AvgIpc) is 2.67. The second-order valence-electron chi connectivity index (χ2n) is 8.51. The Labute approximate surface area is 176 Å². The number of carbonyl (C=O) groups is 2. The Morgan fingerprint density at radius 2 is 1.72 bits per heavy atom. The molecule has 0 saturated heterocycles. The van der Waals surface area contributed by atoms with Crippen LogP contribution in [0.4, 0.5) is 5.69 Å². The van der Waals surface area contributed by atoms with Crippen LogP contribution in [0.2, 0.25) is 5.02 Å². The molecule has 1 heterocycles. The first-order valence-electron chi connectivity index (χ1n) is 9.78. The van der Waals surface area contributed by atoms with Crippen molar-refractivity contribution in [1.29, 1.82) is 0 Å². The highest BCUT2D eigenvalue weighted by Gasteiger charge is 2.44. The van der Waals surface area contributed by atoms with Crippen LogP contribution in [0.25, 0.3) is 0 Å². The van der Waals surface area contributed by atoms with Gasteiger partial charge in [0.2, 0.25) is 5.91 Å². The van der Waals surface area contributed by atoms with E-state index in [0.29, 0.717) is 23.6 Å². The fraction of sp³-hybridized carbons (Fsp3) is 0.333. The Kier molecular flexibility index (Phi) is 4.99. The van der Waals surface area contributed by atoms with Crippen LogP contribution in [-0.4, -0.2) is 18.8 Å². The zero-order valence-corrected chi connectivity index (χ0v) is 17.6. The number of para-hydroxylation sites is 1. The van der Waals surface area contributed by atoms with Gasteiger partial charge in [0.05, 0.1) is 17.8 Å². The molecule has 4 rings (SSSR count). The van der Waals surface area contributed by atoms with Crippen LogP contribution >= 0.6 is 11.6 Å². The fourth-order valence-electron chi connectivity index (χ4n) is 4.45. The van der Waals surface area contributed by atoms with Crippen molar-refractivity contribution in [2.45, 2.75) is 39.0 Å². The number of carbonyl (C=O) groups excluding carboxylic acids is 2. The molecule has 0 fully saturated rings. The Balaban J connectivity index is 1.88. The molecule has 5 heteroatoms. The summed E-state index contributed by atoms with van der Waals surface area (Å²) in [5.74, 6) is 0.578. The lowest BCUT2D eigenvalue weighted by molar-refractivity contribution is -0.121. The molecule has 0 bridgehead atoms. The standard InChI is InChI=1S/C24H24ClNO3/c1-24(2)13-20-23(21(27)14-24)17(15-8-10-16(29-3)11-9-15)12-22(28)26(20)19-7-5-4-6-18(19)25/h4-11,17H,12-14H2,1-3H3. The normalized spacial score (nSPS) is 21.2. The highest BCUT2D eigenvalue weighted by atomic mass is 35.5. The lowest BCUT2D eigenvalue weighted by atomic mass is 9.69. The van der Waals surface area contributed by atoms with Crippen molar-refractivity contribution in [2.75, 3.05) is 12.0 Å². The highest BCUT2D eigenvalue weighted by molar-refractivity contribution is 6.34. The van der Waals surface area contributed by atoms with E-state index in [9.17, 15) is 9.59 Å². The molecule has 1 atom stereocenters. The molecule has 2 aliphatic rings. The minimum Gasteiger partial charge on any atom is -0.497 e. The number of Topliss-reactive ketones (excluding diaryl/α,β-unsaturated/α-hetero) is 1. The number of anilines is 1. The number of halogens is 1. The minimum absolute atomic E-state index is 0.0387. The molecule has 1 amide bonds. The quantitative estimate of drug-likeness (QED) is 0.671. The predicted molar refractivity (Wildman–Crippen MR) is 114 cm³/mol. The average molecular weight is 410 g/mol. The summed E-state index contributed by atoms with van der Waals surface area (Å²) < 4.78 is 5.25. The Morgan fingerprint density at radius 3 is 2.38 bits per heavy atom. The molecule has 150 valence electrons. The third-order valence-corrected chi connectivity index (χ3v) is 6.07. The molecule has 0 aromatic heterocycles. The van der Waals surface area contributed by atoms with Gasteiger partial charge in [0.1, 0.15) is 5.75 Å². The lowest BCUT2D eigenvalue weighted by Gasteiger charge is -2.43. The summed E-state index contributed by atoms with van der Waals surface area (Å²) in [4.78, 5) is 28.3. The molecular weight excluding hydrogens is 386 g/mol. The zero-order valence-electron chi connectivity index (χ0n) is 16.9. The lowest BCUT2D eigenvalue weighted by Crippen LogP contribution is -2.43. The van der Waals surface area contributed by atoms with Gasteiger partial charge in [-0.25, -0.2) is 0 Å². The number of rotatable bonds is 3. The number of methoxy groups -OCH3 is 1. The monoisotopic (exact) mass is 409 g/mol. The molecule has 4 nitrogen and oxygen atoms in total. The van der Waals surface area contributed by atoms with E-state index in [-0.39, 0.29) is 29.4 Å². The van der Waals surface area contributed by atoms with Gasteiger partial charge < -0.3 is 4.74 Å². The van der Waals surface area contributed by atoms with Gasteiger partial charge >= 0.3 is 0 Å². The molecule has 2 aromatic carbocycles. The van der Waals surface area contributed by atoms with Gasteiger partial charge in [0.25, 0.3) is 0 Å². The summed E-state index contributed by atoms with van der Waals surface area (Å²) in [7, 11) is 1.62. The van der Waals surface area contributed by atoms with Gasteiger partial charge in [0, 0.05) is 30.0 Å². The maximum absolute atomic E-state index is 13.3. The topological polar surface area (TPSA) is 46.6 Å². The number of amides is 1. The van der Waals surface area contributed by atoms with Crippen molar-refractivity contribution in [3.8, 4) is 5.75 Å². The number of allylic oxidation sites excluding steroid dienone is 2. The summed E-state index contributed by atoms with van der Waals surface area (Å²) in [5, 5.41) is 0.506. The van der Waals surface area contributed by atoms with Gasteiger partial charge in [-0.1, -0.05) is 49.7 Å². The number of benzene rings is 2. The first-order valence-corrected chi connectivity index (χ1v) is 10.2. The smallest absolute Gasteiger partial charge is 0.232 e. The molecular formula is C24H24ClNO3. The minimum atomic E-state index is -0.245. The summed E-state index contributed by atoms with van der Waals surface area (Å²) in [6.45, 7) is 4.14. The third kappa shape index (κ3) is 3.58. The van der Waals surface area contributed by atoms with Crippen LogP contribution < -0.4 is 9.64 Å². The SMILES string of the molecule is COc1ccc(C2CC(=O)N(c3ccccc3Cl)C3=C2C(=O)CC(C)(C)C3)cc1. The molecule has 2 aromatic rings. The van der Waals surface area contributed by atoms with E-state index in [1.54, 1.807) is 18.1 Å². The van der Waals surface area contributed by atoms with Crippen LogP contribution in [0.3, 0.4) is 0 Å². The maximum Gasteiger partial charge on any atom is 0.232 e. The Morgan fingerprint density at radius 1 is 1.03 bits per heavy atom. The number of ether oxygens (including phenoxy) is 1. The third-order valence-electron chi connectivity index (χ3n) is 5.75. The second-order valence-corrected chi connectivity index (χ2v) is 8.92. The maximum atomic E-state index is 13.3. The first kappa shape index (κ1) is 19.7. The number of hydrogen-bond donors (Lipinski definition) is 0. The van der Waals surface area contributed by atoms with Crippen LogP contribution in [0.5, 0.6) is 5.75 Å². The molecule has 0 saturated carbocycles. The van der Waals surface area contributed by atoms with Crippen molar-refractivity contribution in [2.24, 2.45) is 5.41 Å². The van der Waals surface area contributed by atoms with Gasteiger partial charge in [0.15, 0.2) is 5.78 Å². The van der Waals surface area contributed by atoms with E-state index in [1.165, 1.54) is 0 Å². The van der Waals surface area contributed by atoms with E-state index < -0.39 is 0 Å². The van der Waals surface area contributed by atoms with Gasteiger partial charge in [-0.05, 0) is 41.7 Å². The van der Waals surface area contributed by atoms with Crippen LogP contribution in [0.15, 0.2) is 59.8 Å². The van der Waals surface area contributed by atoms with Crippen molar-refractivity contribution in [3.05, 3.63) is 70.4 Å². The molecule has 1 aliphatic heterocycles. The molecule has 1 unspecified atom stereocenters. The second kappa shape index (κ2) is 7.34. The molecule has 1 aliphatic carbocycles. The van der Waals surface area contributed by atoms with Gasteiger partial charge in [-0.15, -0.1) is 0 Å². The van der Waals surface area contributed by atoms with Crippen LogP contribution in [0, 0.1) is 5.41 Å². The molecule has 0 N–H and O–H groups in total. The summed E-state index contributed by atoms with van der Waals surface area (Å²) in [5.41, 5.74) is 2.92. The van der Waals surface area contributed by atoms with E-state index in [4.69, 9.17) is 16.3 Å². The van der Waals surface area contributed by atoms with E-state index in [1.807, 2.05) is 42.5 Å². The van der Waals surface area contributed by atoms with Crippen molar-refractivity contribution >= 4 is 29.0 Å². The van der Waals surface area contributed by atoms with Crippen LogP contribution in [0.1, 0.15) is 44.6 Å². The largest absolute Gasteiger partial charge is 0.497 e. The number of nitrogens with zero attached hydrogens (tertiary/aromatic N) is 1. The highest BCUT2D eigenvalue weighted by Crippen LogP contribution is 2.49. The van der Waals surface area contributed by atoms with Crippen LogP contribution in [-0.2, 0) is 9.59 Å². The molecule has 0 spiro atoms. The van der Waals surface area contributed by atoms with Gasteiger partial charge in [-0.2, -0.15) is 0 Å². The number of hydrogen-bond acceptors (Lipinski definition) is 3. The van der Waals surface area contributed by atoms with Crippen molar-refractivity contribution in [3.63, 3.8) is 0 Å². The molecule has 29 heavy (non-hydrogen) atoms. The van der Waals surface area contributed by atoms with Crippen molar-refractivity contribution < 1.29 is 14.3 Å². The fourth-order valence-corrected chi connectivity index (χ4v) is 4.67. The summed E-state index contributed by atoms with van der Waals surface area (Å²) in [6.07, 6.45) is 1.36. The molecule has 0 radical (unpaired) electrons. The summed E-state index contributed by atoms with van der Waals surface area (Å²) in [6, 6.07) is 14.9. The Hall–Kier alpha value is -2.59. The van der Waals surface area contributed by atoms with Gasteiger partial charge in [-0.3, -0.25) is 14.5 Å². The number of ketones is 1. The summed E-state index contributed by atoms with van der Waals surface area (Å²) >= 11 is 6.43. The van der Waals surface area contributed by atoms with Crippen molar-refractivity contribution in [1.82, 2.24) is 0 Å². The van der Waals surface area contributed by atoms with E-state index in [0.717, 1.165) is 22.6 Å². The predicted octanol–water partition coefficient (Wildman–Crippen LogP) is 5.51.